The molecule has 2 aromatic rings. The summed E-state index contributed by atoms with van der Waals surface area (Å²) < 4.78 is 0. The molecule has 0 bridgehead atoms. The molecule has 0 amide bonds. The molecule has 90 valence electrons. The first kappa shape index (κ1) is 10.8. The van der Waals surface area contributed by atoms with Crippen molar-refractivity contribution >= 4 is 11.4 Å². The molecule has 0 heterocycles. The number of rotatable bonds is 1. The maximum Gasteiger partial charge on any atom is 0.118 e. The molecule has 1 aliphatic carbocycles. The second kappa shape index (κ2) is 3.88. The van der Waals surface area contributed by atoms with Crippen molar-refractivity contribution in [3.63, 3.8) is 0 Å². The summed E-state index contributed by atoms with van der Waals surface area (Å²) in [7, 11) is 4.00. The van der Waals surface area contributed by atoms with Crippen molar-refractivity contribution in [1.82, 2.24) is 0 Å². The average molecular weight is 238 g/mol. The lowest BCUT2D eigenvalue weighted by atomic mass is 10.1. The normalized spacial score (nSPS) is 14.4. The van der Waals surface area contributed by atoms with Gasteiger partial charge in [-0.1, -0.05) is 35.5 Å². The Balaban J connectivity index is 2.28. The Morgan fingerprint density at radius 1 is 0.889 bits per heavy atom. The number of anilines is 1. The maximum absolute atomic E-state index is 9.26. The first-order valence-electron chi connectivity index (χ1n) is 5.86. The van der Waals surface area contributed by atoms with Crippen LogP contribution in [0.2, 0.25) is 0 Å². The van der Waals surface area contributed by atoms with Gasteiger partial charge < -0.3 is 10.1 Å². The minimum Gasteiger partial charge on any atom is -0.410 e. The molecule has 0 radical (unpaired) electrons. The van der Waals surface area contributed by atoms with Crippen LogP contribution < -0.4 is 4.90 Å². The van der Waals surface area contributed by atoms with Gasteiger partial charge in [0.2, 0.25) is 0 Å². The molecule has 3 heteroatoms. The molecule has 3 nitrogen and oxygen atoms in total. The third-order valence-corrected chi connectivity index (χ3v) is 3.35. The van der Waals surface area contributed by atoms with Gasteiger partial charge in [-0.15, -0.1) is 0 Å². The summed E-state index contributed by atoms with van der Waals surface area (Å²) in [4.78, 5) is 2.04. The molecule has 1 aliphatic rings. The van der Waals surface area contributed by atoms with E-state index in [2.05, 4.69) is 29.4 Å². The molecule has 0 aromatic heterocycles. The number of oxime groups is 1. The van der Waals surface area contributed by atoms with E-state index in [0.717, 1.165) is 27.9 Å². The number of hydrogen-bond donors (Lipinski definition) is 1. The van der Waals surface area contributed by atoms with Crippen molar-refractivity contribution in [2.75, 3.05) is 19.0 Å². The summed E-state index contributed by atoms with van der Waals surface area (Å²) in [5.41, 5.74) is 6.00. The molecule has 0 unspecified atom stereocenters. The number of fused-ring (bicyclic) bond motifs is 3. The zero-order valence-corrected chi connectivity index (χ0v) is 10.4. The summed E-state index contributed by atoms with van der Waals surface area (Å²) >= 11 is 0. The number of nitrogens with zero attached hydrogens (tertiary/aromatic N) is 2. The van der Waals surface area contributed by atoms with E-state index in [1.54, 1.807) is 0 Å². The third kappa shape index (κ3) is 1.40. The Hall–Kier alpha value is -2.29. The highest BCUT2D eigenvalue weighted by atomic mass is 16.4. The van der Waals surface area contributed by atoms with Crippen LogP contribution in [0, 0.1) is 0 Å². The molecule has 3 rings (SSSR count). The van der Waals surface area contributed by atoms with Crippen LogP contribution in [0.5, 0.6) is 0 Å². The van der Waals surface area contributed by atoms with Crippen molar-refractivity contribution < 1.29 is 5.21 Å². The molecule has 0 fully saturated rings. The lowest BCUT2D eigenvalue weighted by Gasteiger charge is -2.13. The first-order chi connectivity index (χ1) is 8.72. The highest BCUT2D eigenvalue weighted by Crippen LogP contribution is 2.38. The molecule has 0 saturated carbocycles. The molecule has 2 aromatic carbocycles. The van der Waals surface area contributed by atoms with Gasteiger partial charge in [-0.2, -0.15) is 0 Å². The van der Waals surface area contributed by atoms with Gasteiger partial charge in [0.05, 0.1) is 0 Å². The largest absolute Gasteiger partial charge is 0.410 e. The standard InChI is InChI=1S/C15H14N2O/c1-17(2)10-7-8-12-11-5-3-4-6-13(11)15(16-18)14(12)9-10/h3-9,18H,1-2H3/b16-15-. The summed E-state index contributed by atoms with van der Waals surface area (Å²) in [6, 6.07) is 14.2. The van der Waals surface area contributed by atoms with Gasteiger partial charge in [-0.05, 0) is 23.3 Å². The Labute approximate surface area is 106 Å². The van der Waals surface area contributed by atoms with Crippen molar-refractivity contribution in [1.29, 1.82) is 0 Å². The van der Waals surface area contributed by atoms with E-state index >= 15 is 0 Å². The minimum absolute atomic E-state index is 0.657. The monoisotopic (exact) mass is 238 g/mol. The molecule has 18 heavy (non-hydrogen) atoms. The lowest BCUT2D eigenvalue weighted by Crippen LogP contribution is -2.09. The first-order valence-corrected chi connectivity index (χ1v) is 5.86. The molecular weight excluding hydrogens is 224 g/mol. The molecule has 0 spiro atoms. The highest BCUT2D eigenvalue weighted by molar-refractivity contribution is 6.24. The van der Waals surface area contributed by atoms with Gasteiger partial charge in [0.1, 0.15) is 5.71 Å². The van der Waals surface area contributed by atoms with Crippen LogP contribution in [0.1, 0.15) is 11.1 Å². The van der Waals surface area contributed by atoms with Crippen molar-refractivity contribution in [3.05, 3.63) is 53.6 Å². The molecule has 1 N–H and O–H groups in total. The van der Waals surface area contributed by atoms with Gasteiger partial charge in [-0.25, -0.2) is 0 Å². The number of benzene rings is 2. The van der Waals surface area contributed by atoms with Gasteiger partial charge in [-0.3, -0.25) is 0 Å². The smallest absolute Gasteiger partial charge is 0.118 e. The van der Waals surface area contributed by atoms with Gasteiger partial charge in [0.25, 0.3) is 0 Å². The minimum atomic E-state index is 0.657. The predicted molar refractivity (Wildman–Crippen MR) is 73.6 cm³/mol. The van der Waals surface area contributed by atoms with Crippen LogP contribution in [-0.4, -0.2) is 25.0 Å². The lowest BCUT2D eigenvalue weighted by molar-refractivity contribution is 0.320. The summed E-state index contributed by atoms with van der Waals surface area (Å²) in [6.45, 7) is 0. The fraction of sp³-hybridized carbons (Fsp3) is 0.133. The topological polar surface area (TPSA) is 35.8 Å². The zero-order chi connectivity index (χ0) is 12.7. The van der Waals surface area contributed by atoms with Crippen LogP contribution in [0.25, 0.3) is 11.1 Å². The van der Waals surface area contributed by atoms with E-state index in [1.165, 1.54) is 0 Å². The average Bonchev–Trinajstić information content (AvgIpc) is 2.71. The zero-order valence-electron chi connectivity index (χ0n) is 10.4. The van der Waals surface area contributed by atoms with Crippen LogP contribution in [-0.2, 0) is 0 Å². The Morgan fingerprint density at radius 3 is 2.22 bits per heavy atom. The van der Waals surface area contributed by atoms with Crippen LogP contribution in [0.4, 0.5) is 5.69 Å². The van der Waals surface area contributed by atoms with E-state index in [9.17, 15) is 5.21 Å². The summed E-state index contributed by atoms with van der Waals surface area (Å²) in [5.74, 6) is 0. The molecular formula is C15H14N2O. The molecule has 0 saturated heterocycles. The molecule has 0 aliphatic heterocycles. The third-order valence-electron chi connectivity index (χ3n) is 3.35. The van der Waals surface area contributed by atoms with E-state index in [-0.39, 0.29) is 0 Å². The fourth-order valence-corrected chi connectivity index (χ4v) is 2.42. The number of hydrogen-bond acceptors (Lipinski definition) is 3. The van der Waals surface area contributed by atoms with Crippen LogP contribution in [0.15, 0.2) is 47.6 Å². The SMILES string of the molecule is CN(C)c1ccc2c(c1)/C(=N\O)c1ccccc1-2. The summed E-state index contributed by atoms with van der Waals surface area (Å²) in [5, 5.41) is 12.7. The quantitative estimate of drug-likeness (QED) is 0.522. The predicted octanol–water partition coefficient (Wildman–Crippen LogP) is 2.96. The van der Waals surface area contributed by atoms with Gasteiger partial charge in [0, 0.05) is 30.9 Å². The van der Waals surface area contributed by atoms with Crippen molar-refractivity contribution in [3.8, 4) is 11.1 Å². The van der Waals surface area contributed by atoms with Gasteiger partial charge in [0.15, 0.2) is 0 Å². The van der Waals surface area contributed by atoms with E-state index < -0.39 is 0 Å². The van der Waals surface area contributed by atoms with Gasteiger partial charge >= 0.3 is 0 Å². The van der Waals surface area contributed by atoms with Crippen molar-refractivity contribution in [2.45, 2.75) is 0 Å². The highest BCUT2D eigenvalue weighted by Gasteiger charge is 2.25. The van der Waals surface area contributed by atoms with E-state index in [1.807, 2.05) is 37.2 Å². The molecule has 0 atom stereocenters. The summed E-state index contributed by atoms with van der Waals surface area (Å²) in [6.07, 6.45) is 0. The van der Waals surface area contributed by atoms with E-state index in [4.69, 9.17) is 0 Å². The second-order valence-electron chi connectivity index (χ2n) is 4.62. The van der Waals surface area contributed by atoms with E-state index in [0.29, 0.717) is 5.71 Å². The fourth-order valence-electron chi connectivity index (χ4n) is 2.42. The van der Waals surface area contributed by atoms with Crippen LogP contribution in [0.3, 0.4) is 0 Å². The Morgan fingerprint density at radius 2 is 1.56 bits per heavy atom. The second-order valence-corrected chi connectivity index (χ2v) is 4.62. The van der Waals surface area contributed by atoms with Crippen LogP contribution >= 0.6 is 0 Å². The Bertz CT molecular complexity index is 645. The van der Waals surface area contributed by atoms with Crippen molar-refractivity contribution in [2.24, 2.45) is 5.16 Å². The maximum atomic E-state index is 9.26. The Kier molecular flexibility index (Phi) is 2.33.